The molecule has 186 valence electrons. The van der Waals surface area contributed by atoms with E-state index >= 15 is 0 Å². The van der Waals surface area contributed by atoms with Crippen LogP contribution < -0.4 is 4.74 Å². The Morgan fingerprint density at radius 3 is 2.37 bits per heavy atom. The van der Waals surface area contributed by atoms with Gasteiger partial charge in [-0.3, -0.25) is 9.59 Å². The molecule has 0 atom stereocenters. The summed E-state index contributed by atoms with van der Waals surface area (Å²) in [4.78, 5) is 43.6. The predicted octanol–water partition coefficient (Wildman–Crippen LogP) is 6.10. The number of aromatic nitrogens is 1. The first-order valence-corrected chi connectivity index (χ1v) is 12.2. The number of rotatable bonds is 5. The summed E-state index contributed by atoms with van der Waals surface area (Å²) in [6.45, 7) is 4.62. The lowest BCUT2D eigenvalue weighted by atomic mass is 9.97. The summed E-state index contributed by atoms with van der Waals surface area (Å²) in [5.41, 5.74) is 4.57. The van der Waals surface area contributed by atoms with Gasteiger partial charge in [-0.1, -0.05) is 42.5 Å². The van der Waals surface area contributed by atoms with Crippen molar-refractivity contribution in [1.29, 1.82) is 0 Å². The average molecular weight is 503 g/mol. The molecule has 0 fully saturated rings. The molecule has 6 rings (SSSR count). The highest BCUT2D eigenvalue weighted by Crippen LogP contribution is 2.37. The number of Topliss-reactive ketones (excluding diaryl/α,β-unsaturated/α-hetero) is 1. The summed E-state index contributed by atoms with van der Waals surface area (Å²) in [6.07, 6.45) is 0. The Balaban J connectivity index is 1.40. The lowest BCUT2D eigenvalue weighted by molar-refractivity contribution is 0.0508. The second kappa shape index (κ2) is 9.12. The highest BCUT2D eigenvalue weighted by atomic mass is 16.7. The number of carbonyl (C=O) groups is 3. The topological polar surface area (TPSA) is 87.0 Å². The largest absolute Gasteiger partial charge is 0.433 e. The van der Waals surface area contributed by atoms with Gasteiger partial charge in [0.2, 0.25) is 0 Å². The monoisotopic (exact) mass is 502 g/mol. The van der Waals surface area contributed by atoms with Gasteiger partial charge in [0.15, 0.2) is 5.78 Å². The van der Waals surface area contributed by atoms with Crippen LogP contribution >= 0.6 is 0 Å². The van der Waals surface area contributed by atoms with Crippen molar-refractivity contribution in [2.75, 3.05) is 0 Å². The van der Waals surface area contributed by atoms with E-state index in [1.54, 1.807) is 42.5 Å². The van der Waals surface area contributed by atoms with Gasteiger partial charge in [0.25, 0.3) is 5.78 Å². The number of hydrogen-bond acceptors (Lipinski definition) is 6. The van der Waals surface area contributed by atoms with Crippen molar-refractivity contribution in [2.24, 2.45) is 5.16 Å². The van der Waals surface area contributed by atoms with E-state index < -0.39 is 11.8 Å². The Bertz CT molecular complexity index is 1820. The lowest BCUT2D eigenvalue weighted by Gasteiger charge is -2.06. The van der Waals surface area contributed by atoms with Crippen LogP contribution in [-0.4, -0.2) is 28.0 Å². The zero-order chi connectivity index (χ0) is 26.4. The van der Waals surface area contributed by atoms with Crippen LogP contribution in [0.25, 0.3) is 21.8 Å². The Morgan fingerprint density at radius 2 is 1.61 bits per heavy atom. The van der Waals surface area contributed by atoms with E-state index in [9.17, 15) is 14.4 Å². The van der Waals surface area contributed by atoms with Gasteiger partial charge >= 0.3 is 11.9 Å². The maximum atomic E-state index is 13.3. The third kappa shape index (κ3) is 3.76. The molecule has 0 amide bonds. The van der Waals surface area contributed by atoms with E-state index in [1.165, 1.54) is 0 Å². The minimum atomic E-state index is -0.690. The van der Waals surface area contributed by atoms with Crippen LogP contribution in [0.2, 0.25) is 0 Å². The molecule has 0 N–H and O–H groups in total. The predicted molar refractivity (Wildman–Crippen MR) is 144 cm³/mol. The molecule has 0 aliphatic carbocycles. The van der Waals surface area contributed by atoms with Crippen LogP contribution in [0.1, 0.15) is 49.1 Å². The van der Waals surface area contributed by atoms with E-state index in [-0.39, 0.29) is 11.7 Å². The van der Waals surface area contributed by atoms with Crippen molar-refractivity contribution in [3.05, 3.63) is 113 Å². The fourth-order valence-corrected chi connectivity index (χ4v) is 4.89. The zero-order valence-electron chi connectivity index (χ0n) is 20.7. The van der Waals surface area contributed by atoms with Crippen molar-refractivity contribution in [3.8, 4) is 5.75 Å². The van der Waals surface area contributed by atoms with E-state index in [2.05, 4.69) is 9.72 Å². The van der Waals surface area contributed by atoms with Crippen molar-refractivity contribution >= 4 is 45.2 Å². The second-order valence-electron chi connectivity index (χ2n) is 9.06. The lowest BCUT2D eigenvalue weighted by Crippen LogP contribution is -2.14. The Morgan fingerprint density at radius 1 is 0.868 bits per heavy atom. The molecule has 0 unspecified atom stereocenters. The molecule has 7 heteroatoms. The molecule has 0 radical (unpaired) electrons. The number of ketones is 2. The van der Waals surface area contributed by atoms with Crippen molar-refractivity contribution < 1.29 is 24.0 Å². The van der Waals surface area contributed by atoms with Crippen LogP contribution in [-0.2, 0) is 11.4 Å². The molecule has 0 bridgehead atoms. The first kappa shape index (κ1) is 23.4. The summed E-state index contributed by atoms with van der Waals surface area (Å²) >= 11 is 0. The quantitative estimate of drug-likeness (QED) is 0.165. The normalized spacial score (nSPS) is 13.6. The van der Waals surface area contributed by atoms with Crippen LogP contribution in [0.4, 0.5) is 0 Å². The summed E-state index contributed by atoms with van der Waals surface area (Å²) in [6, 6.07) is 25.1. The maximum Gasteiger partial charge on any atom is 0.365 e. The van der Waals surface area contributed by atoms with Crippen molar-refractivity contribution in [1.82, 2.24) is 4.57 Å². The number of oxime groups is 1. The van der Waals surface area contributed by atoms with E-state index in [0.29, 0.717) is 34.5 Å². The molecule has 38 heavy (non-hydrogen) atoms. The molecule has 5 aromatic rings. The number of fused-ring (bicyclic) bond motifs is 4. The molecule has 7 nitrogen and oxygen atoms in total. The Hall–Kier alpha value is -5.04. The third-order valence-corrected chi connectivity index (χ3v) is 6.80. The van der Waals surface area contributed by atoms with Gasteiger partial charge in [-0.2, -0.15) is 0 Å². The number of benzene rings is 4. The number of aryl methyl sites for hydroxylation is 2. The number of ether oxygens (including phenoxy) is 1. The standard InChI is InChI=1S/C31H22N2O5/c1-3-33-25-14-13-20(28(34)21-12-8-7-9-18(21)2)15-22(25)23-16-24-27(17-26(23)33)37-30(29(24)35)32-38-31(36)19-10-5-4-6-11-19/h4-17H,3H2,1-2H3/b32-30-. The average Bonchev–Trinajstić information content (AvgIpc) is 3.43. The molecule has 0 saturated heterocycles. The summed E-state index contributed by atoms with van der Waals surface area (Å²) in [7, 11) is 0. The molecular weight excluding hydrogens is 480 g/mol. The molecular formula is C31H22N2O5. The van der Waals surface area contributed by atoms with Crippen LogP contribution in [0.3, 0.4) is 0 Å². The minimum absolute atomic E-state index is 0.0578. The Kier molecular flexibility index (Phi) is 5.61. The fraction of sp³-hybridized carbons (Fsp3) is 0.0968. The molecule has 0 spiro atoms. The summed E-state index contributed by atoms with van der Waals surface area (Å²) in [5, 5.41) is 5.38. The number of nitrogens with zero attached hydrogens (tertiary/aromatic N) is 2. The molecule has 2 heterocycles. The van der Waals surface area contributed by atoms with Crippen molar-refractivity contribution in [3.63, 3.8) is 0 Å². The van der Waals surface area contributed by atoms with Gasteiger partial charge in [-0.25, -0.2) is 4.79 Å². The van der Waals surface area contributed by atoms with Crippen molar-refractivity contribution in [2.45, 2.75) is 20.4 Å². The highest BCUT2D eigenvalue weighted by Gasteiger charge is 2.32. The summed E-state index contributed by atoms with van der Waals surface area (Å²) < 4.78 is 7.80. The van der Waals surface area contributed by atoms with Crippen LogP contribution in [0.15, 0.2) is 90.1 Å². The molecule has 1 aromatic heterocycles. The third-order valence-electron chi connectivity index (χ3n) is 6.80. The first-order valence-electron chi connectivity index (χ1n) is 12.2. The summed E-state index contributed by atoms with van der Waals surface area (Å²) in [5.74, 6) is -1.19. The fourth-order valence-electron chi connectivity index (χ4n) is 4.89. The maximum absolute atomic E-state index is 13.3. The molecule has 1 aliphatic heterocycles. The van der Waals surface area contributed by atoms with E-state index in [0.717, 1.165) is 27.4 Å². The van der Waals surface area contributed by atoms with Gasteiger partial charge in [-0.05, 0) is 61.0 Å². The number of hydrogen-bond donors (Lipinski definition) is 0. The zero-order valence-corrected chi connectivity index (χ0v) is 20.7. The van der Waals surface area contributed by atoms with Crippen LogP contribution in [0.5, 0.6) is 5.75 Å². The van der Waals surface area contributed by atoms with E-state index in [1.807, 2.05) is 56.3 Å². The van der Waals surface area contributed by atoms with Gasteiger partial charge < -0.3 is 14.1 Å². The highest BCUT2D eigenvalue weighted by molar-refractivity contribution is 6.47. The molecule has 1 aliphatic rings. The second-order valence-corrected chi connectivity index (χ2v) is 9.06. The first-order chi connectivity index (χ1) is 18.5. The van der Waals surface area contributed by atoms with Gasteiger partial charge in [0, 0.05) is 40.0 Å². The SMILES string of the molecule is CCn1c2ccc(C(=O)c3ccccc3C)cc2c2cc3c(cc21)O/C(=N\OC(=O)c1ccccc1)C3=O. The smallest absolute Gasteiger partial charge is 0.365 e. The van der Waals surface area contributed by atoms with Gasteiger partial charge in [-0.15, -0.1) is 0 Å². The molecule has 0 saturated carbocycles. The van der Waals surface area contributed by atoms with Crippen LogP contribution in [0, 0.1) is 6.92 Å². The number of carbonyl (C=O) groups excluding carboxylic acids is 3. The minimum Gasteiger partial charge on any atom is -0.433 e. The van der Waals surface area contributed by atoms with Gasteiger partial charge in [0.1, 0.15) is 5.75 Å². The van der Waals surface area contributed by atoms with Gasteiger partial charge in [0.05, 0.1) is 16.6 Å². The van der Waals surface area contributed by atoms with E-state index in [4.69, 9.17) is 9.57 Å². The Labute approximate surface area is 217 Å². The molecule has 4 aromatic carbocycles.